The average Bonchev–Trinajstić information content (AvgIpc) is 3.22. The Morgan fingerprint density at radius 2 is 1.71 bits per heavy atom. The first kappa shape index (κ1) is 26.3. The SMILES string of the molecule is CCO[Si](CCCC(=O)NCc1ccc2[nH]cc(Sc3ccc(O)cc3)c2c1)(OCC)OCC. The van der Waals surface area contributed by atoms with Crippen LogP contribution in [-0.4, -0.2) is 44.6 Å². The third-order valence-corrected chi connectivity index (χ3v) is 9.46. The van der Waals surface area contributed by atoms with Crippen LogP contribution in [0.3, 0.4) is 0 Å². The number of nitrogens with one attached hydrogen (secondary N) is 2. The Labute approximate surface area is 206 Å². The van der Waals surface area contributed by atoms with E-state index in [2.05, 4.69) is 16.4 Å². The molecule has 3 aromatic rings. The fourth-order valence-corrected chi connectivity index (χ4v) is 7.27. The molecule has 0 fully saturated rings. The van der Waals surface area contributed by atoms with Gasteiger partial charge in [-0.25, -0.2) is 0 Å². The minimum atomic E-state index is -2.71. The molecule has 0 saturated carbocycles. The van der Waals surface area contributed by atoms with Crippen LogP contribution in [-0.2, 0) is 24.6 Å². The number of aromatic nitrogens is 1. The number of aromatic hydroxyl groups is 1. The van der Waals surface area contributed by atoms with E-state index >= 15 is 0 Å². The van der Waals surface area contributed by atoms with E-state index in [-0.39, 0.29) is 11.7 Å². The van der Waals surface area contributed by atoms with E-state index in [1.807, 2.05) is 51.2 Å². The number of hydrogen-bond donors (Lipinski definition) is 3. The molecule has 1 heterocycles. The van der Waals surface area contributed by atoms with Crippen molar-refractivity contribution in [3.05, 3.63) is 54.2 Å². The summed E-state index contributed by atoms with van der Waals surface area (Å²) >= 11 is 1.63. The minimum absolute atomic E-state index is 0.000234. The highest BCUT2D eigenvalue weighted by atomic mass is 32.2. The second-order valence-electron chi connectivity index (χ2n) is 7.74. The molecule has 1 aromatic heterocycles. The lowest BCUT2D eigenvalue weighted by Gasteiger charge is -2.28. The molecule has 2 aromatic carbocycles. The number of hydrogen-bond acceptors (Lipinski definition) is 6. The highest BCUT2D eigenvalue weighted by molar-refractivity contribution is 7.99. The van der Waals surface area contributed by atoms with Crippen molar-refractivity contribution in [1.82, 2.24) is 10.3 Å². The molecular weight excluding hydrogens is 468 g/mol. The summed E-state index contributed by atoms with van der Waals surface area (Å²) in [5.74, 6) is 0.253. The number of amides is 1. The number of carbonyl (C=O) groups is 1. The van der Waals surface area contributed by atoms with Crippen LogP contribution >= 0.6 is 11.8 Å². The summed E-state index contributed by atoms with van der Waals surface area (Å²) in [4.78, 5) is 17.9. The molecule has 0 unspecified atom stereocenters. The summed E-state index contributed by atoms with van der Waals surface area (Å²) in [6.45, 7) is 7.87. The number of H-pyrrole nitrogens is 1. The maximum atomic E-state index is 12.5. The molecule has 0 atom stereocenters. The maximum Gasteiger partial charge on any atom is 0.500 e. The van der Waals surface area contributed by atoms with Crippen LogP contribution in [0.15, 0.2) is 58.5 Å². The van der Waals surface area contributed by atoms with Gasteiger partial charge in [0.25, 0.3) is 0 Å². The second kappa shape index (κ2) is 13.0. The van der Waals surface area contributed by atoms with E-state index < -0.39 is 8.80 Å². The van der Waals surface area contributed by atoms with Crippen molar-refractivity contribution < 1.29 is 23.2 Å². The van der Waals surface area contributed by atoms with E-state index in [0.29, 0.717) is 45.3 Å². The van der Waals surface area contributed by atoms with Crippen molar-refractivity contribution in [3.63, 3.8) is 0 Å². The number of phenols is 1. The predicted molar refractivity (Wildman–Crippen MR) is 137 cm³/mol. The zero-order chi connectivity index (χ0) is 24.4. The molecule has 0 aliphatic rings. The third-order valence-electron chi connectivity index (χ3n) is 5.24. The van der Waals surface area contributed by atoms with Crippen molar-refractivity contribution in [2.75, 3.05) is 19.8 Å². The number of carbonyl (C=O) groups excluding carboxylic acids is 1. The van der Waals surface area contributed by atoms with Gasteiger partial charge < -0.3 is 28.7 Å². The molecule has 0 radical (unpaired) electrons. The van der Waals surface area contributed by atoms with Crippen LogP contribution in [0.4, 0.5) is 0 Å². The normalized spacial score (nSPS) is 11.7. The zero-order valence-corrected chi connectivity index (χ0v) is 21.9. The van der Waals surface area contributed by atoms with Crippen LogP contribution in [0, 0.1) is 0 Å². The van der Waals surface area contributed by atoms with Crippen molar-refractivity contribution in [2.24, 2.45) is 0 Å². The first-order chi connectivity index (χ1) is 16.5. The third kappa shape index (κ3) is 7.35. The minimum Gasteiger partial charge on any atom is -0.508 e. The molecule has 0 spiro atoms. The van der Waals surface area contributed by atoms with E-state index in [0.717, 1.165) is 26.3 Å². The predicted octanol–water partition coefficient (Wildman–Crippen LogP) is 5.47. The van der Waals surface area contributed by atoms with Gasteiger partial charge in [0.15, 0.2) is 0 Å². The number of rotatable bonds is 14. The molecule has 0 bridgehead atoms. The van der Waals surface area contributed by atoms with Crippen molar-refractivity contribution in [1.29, 1.82) is 0 Å². The smallest absolute Gasteiger partial charge is 0.500 e. The molecule has 3 rings (SSSR count). The quantitative estimate of drug-likeness (QED) is 0.253. The molecule has 34 heavy (non-hydrogen) atoms. The molecule has 3 N–H and O–H groups in total. The number of aromatic amines is 1. The Morgan fingerprint density at radius 3 is 2.35 bits per heavy atom. The summed E-state index contributed by atoms with van der Waals surface area (Å²) < 4.78 is 17.6. The molecule has 0 saturated heterocycles. The topological polar surface area (TPSA) is 92.8 Å². The first-order valence-corrected chi connectivity index (χ1v) is 14.5. The van der Waals surface area contributed by atoms with Crippen LogP contribution in [0.2, 0.25) is 6.04 Å². The van der Waals surface area contributed by atoms with Crippen molar-refractivity contribution in [3.8, 4) is 5.75 Å². The van der Waals surface area contributed by atoms with Gasteiger partial charge in [-0.2, -0.15) is 0 Å². The zero-order valence-electron chi connectivity index (χ0n) is 20.1. The van der Waals surface area contributed by atoms with Gasteiger partial charge in [0.05, 0.1) is 0 Å². The van der Waals surface area contributed by atoms with Crippen LogP contribution < -0.4 is 5.32 Å². The van der Waals surface area contributed by atoms with Crippen LogP contribution in [0.1, 0.15) is 39.2 Å². The van der Waals surface area contributed by atoms with E-state index in [1.54, 1.807) is 23.9 Å². The summed E-state index contributed by atoms with van der Waals surface area (Å²) in [6.07, 6.45) is 3.04. The molecule has 0 aliphatic carbocycles. The molecule has 7 nitrogen and oxygen atoms in total. The second-order valence-corrected chi connectivity index (χ2v) is 11.6. The van der Waals surface area contributed by atoms with Gasteiger partial charge in [0.2, 0.25) is 5.91 Å². The Kier molecular flexibility index (Phi) is 10.0. The maximum absolute atomic E-state index is 12.5. The fraction of sp³-hybridized carbons (Fsp3) is 0.400. The molecular formula is C25H34N2O5SSi. The van der Waals surface area contributed by atoms with E-state index in [9.17, 15) is 9.90 Å². The number of fused-ring (bicyclic) bond motifs is 1. The first-order valence-electron chi connectivity index (χ1n) is 11.7. The van der Waals surface area contributed by atoms with Crippen LogP contribution in [0.25, 0.3) is 10.9 Å². The van der Waals surface area contributed by atoms with Crippen molar-refractivity contribution >= 4 is 37.4 Å². The van der Waals surface area contributed by atoms with Gasteiger partial charge in [-0.3, -0.25) is 4.79 Å². The Morgan fingerprint density at radius 1 is 1.03 bits per heavy atom. The highest BCUT2D eigenvalue weighted by Crippen LogP contribution is 2.34. The van der Waals surface area contributed by atoms with Gasteiger partial charge in [-0.05, 0) is 69.2 Å². The van der Waals surface area contributed by atoms with Gasteiger partial charge >= 0.3 is 8.80 Å². The molecule has 184 valence electrons. The largest absolute Gasteiger partial charge is 0.508 e. The lowest BCUT2D eigenvalue weighted by molar-refractivity contribution is -0.121. The Bertz CT molecular complexity index is 1040. The summed E-state index contributed by atoms with van der Waals surface area (Å²) in [5, 5.41) is 13.6. The standard InChI is InChI=1S/C25H34N2O5SSi/c1-4-30-34(31-5-2,32-6-3)15-7-8-25(29)27-17-19-9-14-23-22(16-19)24(18-26-23)33-21-12-10-20(28)11-13-21/h9-14,16,18,26,28H,4-8,15,17H2,1-3H3,(H,27,29). The average molecular weight is 503 g/mol. The van der Waals surface area contributed by atoms with Crippen LogP contribution in [0.5, 0.6) is 5.75 Å². The summed E-state index contributed by atoms with van der Waals surface area (Å²) in [6, 6.07) is 13.9. The molecule has 9 heteroatoms. The Balaban J connectivity index is 1.55. The number of benzene rings is 2. The van der Waals surface area contributed by atoms with Gasteiger partial charge in [-0.1, -0.05) is 17.8 Å². The van der Waals surface area contributed by atoms with E-state index in [4.69, 9.17) is 13.3 Å². The van der Waals surface area contributed by atoms with Crippen molar-refractivity contribution in [2.45, 2.75) is 56.0 Å². The fourth-order valence-electron chi connectivity index (χ4n) is 3.73. The molecule has 1 amide bonds. The van der Waals surface area contributed by atoms with E-state index in [1.165, 1.54) is 0 Å². The van der Waals surface area contributed by atoms with Gasteiger partial charge in [0.1, 0.15) is 5.75 Å². The lowest BCUT2D eigenvalue weighted by Crippen LogP contribution is -2.46. The van der Waals surface area contributed by atoms with Gasteiger partial charge in [0, 0.05) is 65.7 Å². The summed E-state index contributed by atoms with van der Waals surface area (Å²) in [5.41, 5.74) is 2.08. The van der Waals surface area contributed by atoms with Gasteiger partial charge in [-0.15, -0.1) is 0 Å². The summed E-state index contributed by atoms with van der Waals surface area (Å²) in [7, 11) is -2.71. The lowest BCUT2D eigenvalue weighted by atomic mass is 10.1. The highest BCUT2D eigenvalue weighted by Gasteiger charge is 2.39. The monoisotopic (exact) mass is 502 g/mol. The number of phenolic OH excluding ortho intramolecular Hbond substituents is 1. The Hall–Kier alpha value is -2.30. The molecule has 0 aliphatic heterocycles.